The van der Waals surface area contributed by atoms with Gasteiger partial charge in [-0.2, -0.15) is 5.10 Å². The molecular weight excluding hydrogens is 364 g/mol. The molecule has 1 aliphatic rings. The van der Waals surface area contributed by atoms with Crippen molar-refractivity contribution >= 4 is 23.1 Å². The maximum Gasteiger partial charge on any atom is 0.245 e. The van der Waals surface area contributed by atoms with Crippen LogP contribution >= 0.6 is 11.3 Å². The Morgan fingerprint density at radius 1 is 1.41 bits per heavy atom. The summed E-state index contributed by atoms with van der Waals surface area (Å²) >= 11 is 1.69. The van der Waals surface area contributed by atoms with Crippen molar-refractivity contribution in [3.05, 3.63) is 28.3 Å². The number of amides is 1. The van der Waals surface area contributed by atoms with Gasteiger partial charge in [0.15, 0.2) is 0 Å². The number of carbonyl (C=O) groups excluding carboxylic acids is 1. The van der Waals surface area contributed by atoms with E-state index < -0.39 is 5.54 Å². The molecule has 8 nitrogen and oxygen atoms in total. The topological polar surface area (TPSA) is 84.3 Å². The highest BCUT2D eigenvalue weighted by atomic mass is 32.1. The molecule has 3 rings (SSSR count). The first-order valence-electron chi connectivity index (χ1n) is 9.19. The molecule has 2 aromatic rings. The number of hydrogen-bond donors (Lipinski definition) is 2. The molecule has 148 valence electrons. The third-order valence-corrected chi connectivity index (χ3v) is 5.95. The molecule has 0 saturated carbocycles. The van der Waals surface area contributed by atoms with Gasteiger partial charge in [-0.05, 0) is 19.8 Å². The second-order valence-corrected chi connectivity index (χ2v) is 7.91. The number of methoxy groups -OCH3 is 1. The zero-order valence-corrected chi connectivity index (χ0v) is 17.0. The van der Waals surface area contributed by atoms with Gasteiger partial charge in [0, 0.05) is 57.5 Å². The second kappa shape index (κ2) is 8.81. The molecule has 0 atom stereocenters. The standard InChI is InChI=1S/C18H28N6O2S/c1-14-15(27-13-20-14)12-24-9-5-18(6-10-24,17(25)19-7-11-26-3)21-16-4-8-23(2)22-16/h4,8,13H,5-7,9-12H2,1-3H3,(H,19,25)(H,21,22). The second-order valence-electron chi connectivity index (χ2n) is 6.97. The zero-order chi connectivity index (χ0) is 19.3. The summed E-state index contributed by atoms with van der Waals surface area (Å²) in [4.78, 5) is 21.0. The fraction of sp³-hybridized carbons (Fsp3) is 0.611. The van der Waals surface area contributed by atoms with Crippen LogP contribution in [-0.4, -0.2) is 64.5 Å². The highest BCUT2D eigenvalue weighted by Gasteiger charge is 2.41. The predicted octanol–water partition coefficient (Wildman–Crippen LogP) is 1.39. The summed E-state index contributed by atoms with van der Waals surface area (Å²) in [7, 11) is 3.50. The number of aryl methyl sites for hydroxylation is 2. The lowest BCUT2D eigenvalue weighted by Gasteiger charge is -2.41. The van der Waals surface area contributed by atoms with Crippen LogP contribution in [0.3, 0.4) is 0 Å². The molecule has 1 saturated heterocycles. The molecule has 0 radical (unpaired) electrons. The van der Waals surface area contributed by atoms with E-state index in [9.17, 15) is 4.79 Å². The van der Waals surface area contributed by atoms with E-state index in [2.05, 4.69) is 25.6 Å². The van der Waals surface area contributed by atoms with Crippen molar-refractivity contribution in [3.63, 3.8) is 0 Å². The third-order valence-electron chi connectivity index (χ3n) is 5.03. The summed E-state index contributed by atoms with van der Waals surface area (Å²) in [6.07, 6.45) is 3.32. The van der Waals surface area contributed by atoms with E-state index in [0.717, 1.165) is 44.0 Å². The number of rotatable bonds is 8. The van der Waals surface area contributed by atoms with Gasteiger partial charge in [0.25, 0.3) is 0 Å². The summed E-state index contributed by atoms with van der Waals surface area (Å²) in [5, 5.41) is 10.8. The minimum absolute atomic E-state index is 0.0128. The quantitative estimate of drug-likeness (QED) is 0.661. The molecule has 0 aromatic carbocycles. The number of anilines is 1. The SMILES string of the molecule is COCCNC(=O)C1(Nc2ccn(C)n2)CCN(Cc2scnc2C)CC1. The number of piperidine rings is 1. The zero-order valence-electron chi connectivity index (χ0n) is 16.2. The molecule has 1 aliphatic heterocycles. The number of carbonyl (C=O) groups is 1. The first-order chi connectivity index (χ1) is 13.0. The molecule has 0 spiro atoms. The van der Waals surface area contributed by atoms with Crippen LogP contribution in [-0.2, 0) is 23.1 Å². The Balaban J connectivity index is 1.67. The molecule has 0 bridgehead atoms. The third kappa shape index (κ3) is 4.85. The Hall–Kier alpha value is -1.97. The summed E-state index contributed by atoms with van der Waals surface area (Å²) in [6.45, 7) is 5.63. The van der Waals surface area contributed by atoms with E-state index in [4.69, 9.17) is 4.74 Å². The van der Waals surface area contributed by atoms with Crippen LogP contribution in [0.2, 0.25) is 0 Å². The predicted molar refractivity (Wildman–Crippen MR) is 106 cm³/mol. The van der Waals surface area contributed by atoms with Crippen LogP contribution in [0.4, 0.5) is 5.82 Å². The number of ether oxygens (including phenoxy) is 1. The molecule has 1 amide bonds. The Morgan fingerprint density at radius 3 is 2.78 bits per heavy atom. The lowest BCUT2D eigenvalue weighted by atomic mass is 9.86. The lowest BCUT2D eigenvalue weighted by Crippen LogP contribution is -2.58. The van der Waals surface area contributed by atoms with Crippen LogP contribution in [0.25, 0.3) is 0 Å². The van der Waals surface area contributed by atoms with Crippen LogP contribution in [0.5, 0.6) is 0 Å². The summed E-state index contributed by atoms with van der Waals surface area (Å²) in [5.41, 5.74) is 2.34. The fourth-order valence-electron chi connectivity index (χ4n) is 3.35. The molecule has 2 aromatic heterocycles. The number of thiazole rings is 1. The van der Waals surface area contributed by atoms with Crippen molar-refractivity contribution in [1.29, 1.82) is 0 Å². The van der Waals surface area contributed by atoms with Gasteiger partial charge in [-0.1, -0.05) is 0 Å². The molecule has 2 N–H and O–H groups in total. The van der Waals surface area contributed by atoms with Gasteiger partial charge in [0.05, 0.1) is 17.8 Å². The van der Waals surface area contributed by atoms with Crippen molar-refractivity contribution in [3.8, 4) is 0 Å². The van der Waals surface area contributed by atoms with Crippen LogP contribution in [0, 0.1) is 6.92 Å². The lowest BCUT2D eigenvalue weighted by molar-refractivity contribution is -0.127. The van der Waals surface area contributed by atoms with E-state index in [1.54, 1.807) is 23.1 Å². The molecule has 3 heterocycles. The normalized spacial score (nSPS) is 17.0. The molecule has 1 fully saturated rings. The molecule has 9 heteroatoms. The molecular formula is C18H28N6O2S. The van der Waals surface area contributed by atoms with Crippen molar-refractivity contribution < 1.29 is 9.53 Å². The fourth-order valence-corrected chi connectivity index (χ4v) is 4.16. The number of aromatic nitrogens is 3. The van der Waals surface area contributed by atoms with Crippen molar-refractivity contribution in [2.45, 2.75) is 31.8 Å². The number of likely N-dealkylation sites (tertiary alicyclic amines) is 1. The van der Waals surface area contributed by atoms with Crippen molar-refractivity contribution in [2.24, 2.45) is 7.05 Å². The number of hydrogen-bond acceptors (Lipinski definition) is 7. The Bertz CT molecular complexity index is 751. The van der Waals surface area contributed by atoms with E-state index in [1.807, 2.05) is 31.7 Å². The average molecular weight is 393 g/mol. The van der Waals surface area contributed by atoms with Crippen molar-refractivity contribution in [1.82, 2.24) is 25.0 Å². The maximum absolute atomic E-state index is 13.0. The van der Waals surface area contributed by atoms with E-state index in [0.29, 0.717) is 13.2 Å². The Morgan fingerprint density at radius 2 is 2.19 bits per heavy atom. The summed E-state index contributed by atoms with van der Waals surface area (Å²) < 4.78 is 6.79. The van der Waals surface area contributed by atoms with Crippen LogP contribution in [0.15, 0.2) is 17.8 Å². The molecule has 0 aliphatic carbocycles. The van der Waals surface area contributed by atoms with Crippen LogP contribution < -0.4 is 10.6 Å². The Kier molecular flexibility index (Phi) is 6.46. The highest BCUT2D eigenvalue weighted by molar-refractivity contribution is 7.09. The first-order valence-corrected chi connectivity index (χ1v) is 10.1. The Labute approximate surface area is 163 Å². The highest BCUT2D eigenvalue weighted by Crippen LogP contribution is 2.28. The van der Waals surface area contributed by atoms with Gasteiger partial charge >= 0.3 is 0 Å². The summed E-state index contributed by atoms with van der Waals surface area (Å²) in [5.74, 6) is 0.741. The van der Waals surface area contributed by atoms with Gasteiger partial charge in [-0.3, -0.25) is 14.4 Å². The maximum atomic E-state index is 13.0. The van der Waals surface area contributed by atoms with Gasteiger partial charge < -0.3 is 15.4 Å². The minimum Gasteiger partial charge on any atom is -0.383 e. The van der Waals surface area contributed by atoms with Crippen LogP contribution in [0.1, 0.15) is 23.4 Å². The van der Waals surface area contributed by atoms with E-state index >= 15 is 0 Å². The van der Waals surface area contributed by atoms with E-state index in [1.165, 1.54) is 4.88 Å². The van der Waals surface area contributed by atoms with E-state index in [-0.39, 0.29) is 5.91 Å². The smallest absolute Gasteiger partial charge is 0.245 e. The van der Waals surface area contributed by atoms with Gasteiger partial charge in [0.2, 0.25) is 5.91 Å². The van der Waals surface area contributed by atoms with Gasteiger partial charge in [0.1, 0.15) is 11.4 Å². The minimum atomic E-state index is -0.651. The van der Waals surface area contributed by atoms with Gasteiger partial charge in [-0.15, -0.1) is 11.3 Å². The van der Waals surface area contributed by atoms with Crippen molar-refractivity contribution in [2.75, 3.05) is 38.7 Å². The average Bonchev–Trinajstić information content (AvgIpc) is 3.25. The first kappa shape index (κ1) is 19.8. The largest absolute Gasteiger partial charge is 0.383 e. The monoisotopic (exact) mass is 392 g/mol. The number of nitrogens with one attached hydrogen (secondary N) is 2. The summed E-state index contributed by atoms with van der Waals surface area (Å²) in [6, 6.07) is 1.90. The molecule has 0 unspecified atom stereocenters. The molecule has 27 heavy (non-hydrogen) atoms. The van der Waals surface area contributed by atoms with Gasteiger partial charge in [-0.25, -0.2) is 4.98 Å². The number of nitrogens with zero attached hydrogens (tertiary/aromatic N) is 4.